The third-order valence-electron chi connectivity index (χ3n) is 3.12. The van der Waals surface area contributed by atoms with E-state index in [2.05, 4.69) is 12.2 Å². The molecule has 0 heterocycles. The first kappa shape index (κ1) is 13.9. The van der Waals surface area contributed by atoms with Gasteiger partial charge in [0.05, 0.1) is 11.0 Å². The Labute approximate surface area is 117 Å². The van der Waals surface area contributed by atoms with Crippen LogP contribution in [-0.2, 0) is 0 Å². The minimum atomic E-state index is -0.416. The summed E-state index contributed by atoms with van der Waals surface area (Å²) in [5.74, 6) is 0.235. The third-order valence-corrected chi connectivity index (χ3v) is 3.12. The second-order valence-electron chi connectivity index (χ2n) is 4.50. The smallest absolute Gasteiger partial charge is 0.269 e. The van der Waals surface area contributed by atoms with Crippen molar-refractivity contribution in [1.29, 1.82) is 0 Å². The van der Waals surface area contributed by atoms with Crippen LogP contribution in [0, 0.1) is 10.1 Å². The molecule has 0 aliphatic rings. The Bertz CT molecular complexity index is 579. The van der Waals surface area contributed by atoms with Gasteiger partial charge in [0.15, 0.2) is 0 Å². The van der Waals surface area contributed by atoms with Crippen molar-refractivity contribution in [1.82, 2.24) is 0 Å². The number of aromatic hydroxyl groups is 1. The molecule has 0 radical (unpaired) electrons. The van der Waals surface area contributed by atoms with Crippen LogP contribution in [0.2, 0.25) is 0 Å². The van der Waals surface area contributed by atoms with Crippen molar-refractivity contribution in [3.05, 3.63) is 64.2 Å². The molecule has 0 aliphatic heterocycles. The van der Waals surface area contributed by atoms with Crippen LogP contribution in [0.4, 0.5) is 11.4 Å². The fourth-order valence-corrected chi connectivity index (χ4v) is 2.01. The highest BCUT2D eigenvalue weighted by molar-refractivity contribution is 5.50. The van der Waals surface area contributed by atoms with Crippen molar-refractivity contribution < 1.29 is 10.0 Å². The minimum Gasteiger partial charge on any atom is -0.508 e. The minimum absolute atomic E-state index is 0.0771. The molecule has 2 aromatic carbocycles. The number of hydrogen-bond acceptors (Lipinski definition) is 4. The quantitative estimate of drug-likeness (QED) is 0.640. The van der Waals surface area contributed by atoms with Crippen molar-refractivity contribution in [2.45, 2.75) is 19.4 Å². The summed E-state index contributed by atoms with van der Waals surface area (Å²) in [6.07, 6.45) is 0.863. The average Bonchev–Trinajstić information content (AvgIpc) is 2.46. The molecule has 0 spiro atoms. The summed E-state index contributed by atoms with van der Waals surface area (Å²) in [6, 6.07) is 13.5. The number of nitrogens with one attached hydrogen (secondary N) is 1. The zero-order chi connectivity index (χ0) is 14.5. The topological polar surface area (TPSA) is 75.4 Å². The van der Waals surface area contributed by atoms with Gasteiger partial charge in [-0.1, -0.05) is 19.1 Å². The van der Waals surface area contributed by atoms with Gasteiger partial charge in [-0.3, -0.25) is 10.1 Å². The Balaban J connectivity index is 2.13. The van der Waals surface area contributed by atoms with Gasteiger partial charge in [0.2, 0.25) is 0 Å². The van der Waals surface area contributed by atoms with Crippen molar-refractivity contribution in [3.63, 3.8) is 0 Å². The molecule has 1 atom stereocenters. The second kappa shape index (κ2) is 6.06. The van der Waals surface area contributed by atoms with Crippen molar-refractivity contribution >= 4 is 11.4 Å². The molecule has 5 heteroatoms. The summed E-state index contributed by atoms with van der Waals surface area (Å²) in [5.41, 5.74) is 1.97. The van der Waals surface area contributed by atoms with Crippen LogP contribution < -0.4 is 5.32 Å². The van der Waals surface area contributed by atoms with Gasteiger partial charge in [-0.25, -0.2) is 0 Å². The summed E-state index contributed by atoms with van der Waals surface area (Å²) in [6.45, 7) is 2.05. The molecule has 2 N–H and O–H groups in total. The number of hydrogen-bond donors (Lipinski definition) is 2. The van der Waals surface area contributed by atoms with E-state index in [1.165, 1.54) is 12.1 Å². The highest BCUT2D eigenvalue weighted by Gasteiger charge is 2.10. The number of phenolic OH excluding ortho intramolecular Hbond substituents is 1. The normalized spacial score (nSPS) is 11.8. The van der Waals surface area contributed by atoms with Crippen LogP contribution >= 0.6 is 0 Å². The second-order valence-corrected chi connectivity index (χ2v) is 4.50. The zero-order valence-electron chi connectivity index (χ0n) is 11.1. The number of nitro benzene ring substituents is 1. The molecule has 2 rings (SSSR count). The van der Waals surface area contributed by atoms with E-state index in [-0.39, 0.29) is 17.5 Å². The van der Waals surface area contributed by atoms with Crippen LogP contribution in [0.25, 0.3) is 0 Å². The molecule has 104 valence electrons. The molecular formula is C15H16N2O3. The van der Waals surface area contributed by atoms with E-state index >= 15 is 0 Å². The SMILES string of the molecule is CCC(Nc1ccc([N+](=O)[O-])cc1)c1ccc(O)cc1. The molecule has 0 amide bonds. The molecule has 0 aromatic heterocycles. The summed E-state index contributed by atoms with van der Waals surface area (Å²) in [7, 11) is 0. The number of anilines is 1. The van der Waals surface area contributed by atoms with Gasteiger partial charge in [0.25, 0.3) is 5.69 Å². The molecule has 20 heavy (non-hydrogen) atoms. The van der Waals surface area contributed by atoms with Crippen LogP contribution in [0.1, 0.15) is 24.9 Å². The fourth-order valence-electron chi connectivity index (χ4n) is 2.01. The van der Waals surface area contributed by atoms with Gasteiger partial charge in [0.1, 0.15) is 5.75 Å². The number of nitro groups is 1. The first-order chi connectivity index (χ1) is 9.60. The molecule has 0 fully saturated rings. The monoisotopic (exact) mass is 272 g/mol. The molecule has 0 saturated heterocycles. The Hall–Kier alpha value is -2.56. The Morgan fingerprint density at radius 1 is 1.15 bits per heavy atom. The first-order valence-corrected chi connectivity index (χ1v) is 6.40. The first-order valence-electron chi connectivity index (χ1n) is 6.40. The maximum Gasteiger partial charge on any atom is 0.269 e. The maximum absolute atomic E-state index is 10.6. The molecule has 1 unspecified atom stereocenters. The van der Waals surface area contributed by atoms with E-state index in [1.807, 2.05) is 12.1 Å². The molecule has 0 saturated carbocycles. The Morgan fingerprint density at radius 3 is 2.25 bits per heavy atom. The van der Waals surface area contributed by atoms with Gasteiger partial charge < -0.3 is 10.4 Å². The van der Waals surface area contributed by atoms with E-state index < -0.39 is 4.92 Å². The summed E-state index contributed by atoms with van der Waals surface area (Å²) in [5, 5.41) is 23.2. The number of rotatable bonds is 5. The van der Waals surface area contributed by atoms with Crippen molar-refractivity contribution in [2.75, 3.05) is 5.32 Å². The predicted molar refractivity (Wildman–Crippen MR) is 77.9 cm³/mol. The van der Waals surface area contributed by atoms with E-state index in [9.17, 15) is 15.2 Å². The molecule has 0 bridgehead atoms. The zero-order valence-corrected chi connectivity index (χ0v) is 11.1. The Morgan fingerprint density at radius 2 is 1.75 bits per heavy atom. The summed E-state index contributed by atoms with van der Waals surface area (Å²) in [4.78, 5) is 10.2. The predicted octanol–water partition coefficient (Wildman–Crippen LogP) is 3.86. The van der Waals surface area contributed by atoms with Crippen LogP contribution in [0.3, 0.4) is 0 Å². The molecule has 0 aliphatic carbocycles. The number of benzene rings is 2. The van der Waals surface area contributed by atoms with Crippen LogP contribution in [0.15, 0.2) is 48.5 Å². The van der Waals surface area contributed by atoms with Gasteiger partial charge in [-0.2, -0.15) is 0 Å². The fraction of sp³-hybridized carbons (Fsp3) is 0.200. The van der Waals surface area contributed by atoms with Crippen molar-refractivity contribution in [3.8, 4) is 5.75 Å². The summed E-state index contributed by atoms with van der Waals surface area (Å²) < 4.78 is 0. The maximum atomic E-state index is 10.6. The highest BCUT2D eigenvalue weighted by atomic mass is 16.6. The lowest BCUT2D eigenvalue weighted by Crippen LogP contribution is -2.09. The van der Waals surface area contributed by atoms with Gasteiger partial charge in [0, 0.05) is 17.8 Å². The molecule has 5 nitrogen and oxygen atoms in total. The molecular weight excluding hydrogens is 256 g/mol. The number of non-ortho nitro benzene ring substituents is 1. The highest BCUT2D eigenvalue weighted by Crippen LogP contribution is 2.25. The van der Waals surface area contributed by atoms with Gasteiger partial charge >= 0.3 is 0 Å². The lowest BCUT2D eigenvalue weighted by molar-refractivity contribution is -0.384. The van der Waals surface area contributed by atoms with E-state index in [0.29, 0.717) is 0 Å². The summed E-state index contributed by atoms with van der Waals surface area (Å²) >= 11 is 0. The number of phenols is 1. The lowest BCUT2D eigenvalue weighted by Gasteiger charge is -2.18. The largest absolute Gasteiger partial charge is 0.508 e. The van der Waals surface area contributed by atoms with Gasteiger partial charge in [-0.05, 0) is 36.2 Å². The van der Waals surface area contributed by atoms with E-state index in [0.717, 1.165) is 17.7 Å². The van der Waals surface area contributed by atoms with Crippen molar-refractivity contribution in [2.24, 2.45) is 0 Å². The lowest BCUT2D eigenvalue weighted by atomic mass is 10.0. The molecule has 2 aromatic rings. The standard InChI is InChI=1S/C15H16N2O3/c1-2-15(11-3-9-14(18)10-4-11)16-12-5-7-13(8-6-12)17(19)20/h3-10,15-16,18H,2H2,1H3. The van der Waals surface area contributed by atoms with Gasteiger partial charge in [-0.15, -0.1) is 0 Å². The third kappa shape index (κ3) is 3.26. The van der Waals surface area contributed by atoms with E-state index in [1.54, 1.807) is 24.3 Å². The van der Waals surface area contributed by atoms with Crippen LogP contribution in [0.5, 0.6) is 5.75 Å². The average molecular weight is 272 g/mol. The number of nitrogens with zero attached hydrogens (tertiary/aromatic N) is 1. The Kier molecular flexibility index (Phi) is 4.20. The van der Waals surface area contributed by atoms with E-state index in [4.69, 9.17) is 0 Å². The van der Waals surface area contributed by atoms with Crippen LogP contribution in [-0.4, -0.2) is 10.0 Å².